The van der Waals surface area contributed by atoms with E-state index in [0.717, 1.165) is 5.02 Å². The van der Waals surface area contributed by atoms with Gasteiger partial charge in [-0.25, -0.2) is 0 Å². The number of aryl methyl sites for hydroxylation is 1. The summed E-state index contributed by atoms with van der Waals surface area (Å²) in [5.74, 6) is 2.43. The molecule has 17 heavy (non-hydrogen) atoms. The first-order valence-electron chi connectivity index (χ1n) is 5.32. The van der Waals surface area contributed by atoms with E-state index in [4.69, 9.17) is 11.6 Å². The molecule has 0 aromatic carbocycles. The Morgan fingerprint density at radius 3 is 3.00 bits per heavy atom. The Bertz CT molecular complexity index is 508. The molecular formula is C12H10BrClS3. The molecule has 1 unspecified atom stereocenters. The Morgan fingerprint density at radius 1 is 1.41 bits per heavy atom. The van der Waals surface area contributed by atoms with E-state index in [0.29, 0.717) is 0 Å². The minimum absolute atomic E-state index is 0.260. The lowest BCUT2D eigenvalue weighted by molar-refractivity contribution is 1.13. The lowest BCUT2D eigenvalue weighted by Crippen LogP contribution is -1.96. The zero-order chi connectivity index (χ0) is 11.8. The molecule has 0 N–H and O–H groups in total. The van der Waals surface area contributed by atoms with Crippen LogP contribution in [0.15, 0.2) is 17.5 Å². The molecule has 0 amide bonds. The summed E-state index contributed by atoms with van der Waals surface area (Å²) in [5, 5.41) is 2.92. The third kappa shape index (κ3) is 2.47. The molecule has 0 aliphatic carbocycles. The molecule has 0 saturated heterocycles. The summed E-state index contributed by atoms with van der Waals surface area (Å²) in [5.41, 5.74) is 1.53. The molecular weight excluding hydrogens is 356 g/mol. The third-order valence-electron chi connectivity index (χ3n) is 2.77. The second-order valence-electron chi connectivity index (χ2n) is 3.90. The van der Waals surface area contributed by atoms with Crippen LogP contribution in [0.5, 0.6) is 0 Å². The maximum atomic E-state index is 6.19. The molecule has 0 fully saturated rings. The number of thiophene rings is 2. The van der Waals surface area contributed by atoms with E-state index in [9.17, 15) is 0 Å². The number of rotatable bonds is 2. The first-order chi connectivity index (χ1) is 8.25. The minimum Gasteiger partial charge on any atom is -0.157 e. The highest BCUT2D eigenvalue weighted by molar-refractivity contribution is 9.09. The number of halogens is 2. The highest BCUT2D eigenvalue weighted by Gasteiger charge is 2.21. The average Bonchev–Trinajstić information content (AvgIpc) is 2.93. The molecule has 1 aliphatic rings. The van der Waals surface area contributed by atoms with Crippen LogP contribution in [0, 0.1) is 0 Å². The van der Waals surface area contributed by atoms with Crippen molar-refractivity contribution >= 4 is 62.0 Å². The van der Waals surface area contributed by atoms with Crippen molar-refractivity contribution in [2.75, 3.05) is 5.75 Å². The first kappa shape index (κ1) is 12.5. The zero-order valence-electron chi connectivity index (χ0n) is 8.91. The topological polar surface area (TPSA) is 0 Å². The van der Waals surface area contributed by atoms with Crippen LogP contribution in [0.4, 0.5) is 0 Å². The van der Waals surface area contributed by atoms with E-state index in [1.165, 1.54) is 33.2 Å². The molecule has 0 radical (unpaired) electrons. The number of hydrogen-bond acceptors (Lipinski definition) is 3. The second-order valence-corrected chi connectivity index (χ2v) is 8.44. The predicted molar refractivity (Wildman–Crippen MR) is 84.3 cm³/mol. The normalized spacial score (nSPS) is 16.8. The summed E-state index contributed by atoms with van der Waals surface area (Å²) in [6.45, 7) is 0. The summed E-state index contributed by atoms with van der Waals surface area (Å²) >= 11 is 15.7. The summed E-state index contributed by atoms with van der Waals surface area (Å²) < 4.78 is 0. The van der Waals surface area contributed by atoms with Gasteiger partial charge in [0, 0.05) is 20.4 Å². The number of hydrogen-bond donors (Lipinski definition) is 0. The van der Waals surface area contributed by atoms with E-state index >= 15 is 0 Å². The predicted octanol–water partition coefficient (Wildman–Crippen LogP) is 5.74. The van der Waals surface area contributed by atoms with Gasteiger partial charge in [-0.1, -0.05) is 27.5 Å². The van der Waals surface area contributed by atoms with Crippen molar-refractivity contribution in [2.24, 2.45) is 0 Å². The van der Waals surface area contributed by atoms with Gasteiger partial charge < -0.3 is 0 Å². The quantitative estimate of drug-likeness (QED) is 0.612. The van der Waals surface area contributed by atoms with Crippen molar-refractivity contribution in [3.63, 3.8) is 0 Å². The van der Waals surface area contributed by atoms with Crippen molar-refractivity contribution < 1.29 is 0 Å². The Kier molecular flexibility index (Phi) is 3.88. The van der Waals surface area contributed by atoms with Crippen LogP contribution in [0.1, 0.15) is 25.0 Å². The molecule has 1 atom stereocenters. The standard InChI is InChI=1S/C12H10BrClS3/c13-11(12-8(14)1-4-16-12)10-5-7-6-15-3-2-9(7)17-10/h1,4-5,11H,2-3,6H2. The molecule has 90 valence electrons. The van der Waals surface area contributed by atoms with Gasteiger partial charge in [-0.2, -0.15) is 11.8 Å². The molecule has 0 saturated carbocycles. The highest BCUT2D eigenvalue weighted by Crippen LogP contribution is 2.43. The van der Waals surface area contributed by atoms with E-state index in [2.05, 4.69) is 27.4 Å². The molecule has 3 heterocycles. The van der Waals surface area contributed by atoms with E-state index in [1.54, 1.807) is 16.2 Å². The van der Waals surface area contributed by atoms with Crippen molar-refractivity contribution in [3.8, 4) is 0 Å². The third-order valence-corrected chi connectivity index (χ3v) is 8.06. The maximum Gasteiger partial charge on any atom is 0.0846 e. The number of fused-ring (bicyclic) bond motifs is 1. The monoisotopic (exact) mass is 364 g/mol. The average molecular weight is 366 g/mol. The smallest absolute Gasteiger partial charge is 0.0846 e. The van der Waals surface area contributed by atoms with Crippen LogP contribution in [-0.4, -0.2) is 5.75 Å². The SMILES string of the molecule is Clc1ccsc1C(Br)c1cc2c(s1)CCSC2. The highest BCUT2D eigenvalue weighted by atomic mass is 79.9. The van der Waals surface area contributed by atoms with Crippen LogP contribution in [0.25, 0.3) is 0 Å². The minimum atomic E-state index is 0.260. The van der Waals surface area contributed by atoms with E-state index in [1.807, 2.05) is 29.2 Å². The Morgan fingerprint density at radius 2 is 2.29 bits per heavy atom. The molecule has 2 aromatic heterocycles. The van der Waals surface area contributed by atoms with Gasteiger partial charge in [-0.3, -0.25) is 0 Å². The molecule has 1 aliphatic heterocycles. The van der Waals surface area contributed by atoms with Gasteiger partial charge in [0.25, 0.3) is 0 Å². The fourth-order valence-electron chi connectivity index (χ4n) is 1.91. The van der Waals surface area contributed by atoms with Crippen LogP contribution in [0.3, 0.4) is 0 Å². The van der Waals surface area contributed by atoms with Crippen molar-refractivity contribution in [1.29, 1.82) is 0 Å². The summed E-state index contributed by atoms with van der Waals surface area (Å²) in [6.07, 6.45) is 1.22. The van der Waals surface area contributed by atoms with Crippen LogP contribution < -0.4 is 0 Å². The molecule has 0 bridgehead atoms. The Labute approximate surface area is 127 Å². The van der Waals surface area contributed by atoms with Gasteiger partial charge in [-0.05, 0) is 35.2 Å². The molecule has 3 rings (SSSR count). The molecule has 0 spiro atoms. The summed E-state index contributed by atoms with van der Waals surface area (Å²) in [7, 11) is 0. The van der Waals surface area contributed by atoms with Crippen molar-refractivity contribution in [3.05, 3.63) is 42.7 Å². The Balaban J connectivity index is 1.94. The molecule has 0 nitrogen and oxygen atoms in total. The number of alkyl halides is 1. The van der Waals surface area contributed by atoms with Crippen LogP contribution in [0.2, 0.25) is 5.02 Å². The lowest BCUT2D eigenvalue weighted by atomic mass is 10.2. The Hall–Kier alpha value is 0.520. The largest absolute Gasteiger partial charge is 0.157 e. The summed E-state index contributed by atoms with van der Waals surface area (Å²) in [6, 6.07) is 4.32. The van der Waals surface area contributed by atoms with Gasteiger partial charge >= 0.3 is 0 Å². The van der Waals surface area contributed by atoms with Crippen molar-refractivity contribution in [2.45, 2.75) is 17.0 Å². The van der Waals surface area contributed by atoms with Gasteiger partial charge in [0.15, 0.2) is 0 Å². The van der Waals surface area contributed by atoms with Gasteiger partial charge in [0.05, 0.1) is 9.85 Å². The van der Waals surface area contributed by atoms with Crippen LogP contribution >= 0.6 is 62.0 Å². The number of thioether (sulfide) groups is 1. The van der Waals surface area contributed by atoms with Crippen molar-refractivity contribution in [1.82, 2.24) is 0 Å². The van der Waals surface area contributed by atoms with Gasteiger partial charge in [0.1, 0.15) is 0 Å². The van der Waals surface area contributed by atoms with Gasteiger partial charge in [0.2, 0.25) is 0 Å². The zero-order valence-corrected chi connectivity index (χ0v) is 13.7. The van der Waals surface area contributed by atoms with E-state index in [-0.39, 0.29) is 4.83 Å². The second kappa shape index (κ2) is 5.25. The maximum absolute atomic E-state index is 6.19. The van der Waals surface area contributed by atoms with Gasteiger partial charge in [-0.15, -0.1) is 22.7 Å². The molecule has 5 heteroatoms. The first-order valence-corrected chi connectivity index (χ1v) is 9.46. The van der Waals surface area contributed by atoms with Crippen LogP contribution in [-0.2, 0) is 12.2 Å². The lowest BCUT2D eigenvalue weighted by Gasteiger charge is -2.08. The molecule has 2 aromatic rings. The summed E-state index contributed by atoms with van der Waals surface area (Å²) in [4.78, 5) is 4.44. The fraction of sp³-hybridized carbons (Fsp3) is 0.333. The fourth-order valence-corrected chi connectivity index (χ4v) is 6.62. The van der Waals surface area contributed by atoms with E-state index < -0.39 is 0 Å².